The maximum atomic E-state index is 12.5. The number of hydrogen-bond acceptors (Lipinski definition) is 3. The summed E-state index contributed by atoms with van der Waals surface area (Å²) in [5.74, 6) is -1.92. The molecule has 3 aliphatic rings. The molecule has 0 aromatic heterocycles. The summed E-state index contributed by atoms with van der Waals surface area (Å²) in [6, 6.07) is 0. The number of fused-ring (bicyclic) bond motifs is 2. The number of amides is 1. The molecular formula is C15H21NO4. The van der Waals surface area contributed by atoms with Crippen molar-refractivity contribution in [3.05, 3.63) is 12.2 Å². The van der Waals surface area contributed by atoms with Crippen LogP contribution in [-0.2, 0) is 9.59 Å². The number of allylic oxidation sites excluding steroid dienone is 2. The van der Waals surface area contributed by atoms with Crippen molar-refractivity contribution < 1.29 is 19.8 Å². The van der Waals surface area contributed by atoms with Crippen molar-refractivity contribution in [2.24, 2.45) is 23.7 Å². The predicted molar refractivity (Wildman–Crippen MR) is 71.8 cm³/mol. The zero-order valence-electron chi connectivity index (χ0n) is 11.7. The van der Waals surface area contributed by atoms with Crippen molar-refractivity contribution in [1.82, 2.24) is 4.90 Å². The molecule has 5 nitrogen and oxygen atoms in total. The number of β-amino-alcohol motifs (C(OH)–C–C–N with tert-alkyl or cyclic N) is 1. The fourth-order valence-corrected chi connectivity index (χ4v) is 4.15. The highest BCUT2D eigenvalue weighted by molar-refractivity contribution is 5.87. The molecule has 2 bridgehead atoms. The summed E-state index contributed by atoms with van der Waals surface area (Å²) in [4.78, 5) is 25.6. The van der Waals surface area contributed by atoms with E-state index in [1.165, 1.54) is 0 Å². The van der Waals surface area contributed by atoms with Gasteiger partial charge in [-0.3, -0.25) is 9.59 Å². The third kappa shape index (κ3) is 1.95. The normalized spacial score (nSPS) is 37.0. The molecule has 4 atom stereocenters. The molecule has 1 saturated carbocycles. The molecule has 1 aliphatic heterocycles. The molecule has 110 valence electrons. The molecule has 3 rings (SSSR count). The van der Waals surface area contributed by atoms with E-state index >= 15 is 0 Å². The van der Waals surface area contributed by atoms with Crippen LogP contribution in [0.15, 0.2) is 12.2 Å². The Balaban J connectivity index is 1.69. The van der Waals surface area contributed by atoms with Gasteiger partial charge in [0.2, 0.25) is 5.91 Å². The van der Waals surface area contributed by atoms with Gasteiger partial charge in [-0.15, -0.1) is 0 Å². The molecule has 0 radical (unpaired) electrons. The van der Waals surface area contributed by atoms with Crippen LogP contribution >= 0.6 is 0 Å². The molecule has 2 N–H and O–H groups in total. The van der Waals surface area contributed by atoms with Crippen LogP contribution in [0, 0.1) is 23.7 Å². The van der Waals surface area contributed by atoms with E-state index in [-0.39, 0.29) is 17.7 Å². The lowest BCUT2D eigenvalue weighted by atomic mass is 9.80. The summed E-state index contributed by atoms with van der Waals surface area (Å²) in [7, 11) is 0. The second-order valence-corrected chi connectivity index (χ2v) is 6.51. The zero-order chi connectivity index (χ0) is 14.5. The molecule has 1 amide bonds. The predicted octanol–water partition coefficient (Wildman–Crippen LogP) is 0.883. The van der Waals surface area contributed by atoms with Gasteiger partial charge in [0.1, 0.15) is 0 Å². The van der Waals surface area contributed by atoms with Gasteiger partial charge in [-0.2, -0.15) is 0 Å². The Kier molecular flexibility index (Phi) is 3.12. The average Bonchev–Trinajstić information content (AvgIpc) is 2.94. The molecule has 1 heterocycles. The Labute approximate surface area is 118 Å². The van der Waals surface area contributed by atoms with E-state index in [2.05, 4.69) is 0 Å². The monoisotopic (exact) mass is 279 g/mol. The number of aliphatic hydroxyl groups is 1. The van der Waals surface area contributed by atoms with Crippen molar-refractivity contribution in [3.8, 4) is 0 Å². The third-order valence-corrected chi connectivity index (χ3v) is 5.03. The van der Waals surface area contributed by atoms with Gasteiger partial charge in [-0.25, -0.2) is 0 Å². The van der Waals surface area contributed by atoms with Gasteiger partial charge in [0.25, 0.3) is 0 Å². The van der Waals surface area contributed by atoms with Crippen molar-refractivity contribution in [3.63, 3.8) is 0 Å². The van der Waals surface area contributed by atoms with E-state index in [0.29, 0.717) is 19.5 Å². The second-order valence-electron chi connectivity index (χ2n) is 6.51. The van der Waals surface area contributed by atoms with Crippen LogP contribution < -0.4 is 0 Å². The van der Waals surface area contributed by atoms with E-state index < -0.39 is 23.4 Å². The van der Waals surface area contributed by atoms with Crippen LogP contribution in [0.4, 0.5) is 0 Å². The molecule has 0 aromatic carbocycles. The number of likely N-dealkylation sites (tertiary alicyclic amines) is 1. The Bertz CT molecular complexity index is 466. The van der Waals surface area contributed by atoms with Crippen molar-refractivity contribution >= 4 is 11.9 Å². The quantitative estimate of drug-likeness (QED) is 0.749. The SMILES string of the molecule is CCCC1(O)CN(C(=O)C2C3C=CC(C3)C2C(=O)O)C1. The summed E-state index contributed by atoms with van der Waals surface area (Å²) in [5.41, 5.74) is -0.753. The molecular weight excluding hydrogens is 258 g/mol. The number of carbonyl (C=O) groups excluding carboxylic acids is 1. The summed E-state index contributed by atoms with van der Waals surface area (Å²) >= 11 is 0. The first-order valence-electron chi connectivity index (χ1n) is 7.37. The van der Waals surface area contributed by atoms with Gasteiger partial charge in [0, 0.05) is 0 Å². The first-order chi connectivity index (χ1) is 9.45. The lowest BCUT2D eigenvalue weighted by molar-refractivity contribution is -0.166. The van der Waals surface area contributed by atoms with Gasteiger partial charge in [0.05, 0.1) is 30.5 Å². The minimum Gasteiger partial charge on any atom is -0.481 e. The summed E-state index contributed by atoms with van der Waals surface area (Å²) in [6.45, 7) is 2.71. The number of nitrogens with zero attached hydrogens (tertiary/aromatic N) is 1. The lowest BCUT2D eigenvalue weighted by Crippen LogP contribution is -2.65. The first-order valence-corrected chi connectivity index (χ1v) is 7.37. The van der Waals surface area contributed by atoms with Crippen LogP contribution in [-0.4, -0.2) is 45.7 Å². The second kappa shape index (κ2) is 4.58. The lowest BCUT2D eigenvalue weighted by Gasteiger charge is -2.48. The number of aliphatic carboxylic acids is 1. The maximum Gasteiger partial charge on any atom is 0.307 e. The number of carboxylic acid groups (broad SMARTS) is 1. The van der Waals surface area contributed by atoms with Crippen LogP contribution in [0.3, 0.4) is 0 Å². The number of hydrogen-bond donors (Lipinski definition) is 2. The minimum absolute atomic E-state index is 0.00209. The Hall–Kier alpha value is -1.36. The summed E-state index contributed by atoms with van der Waals surface area (Å²) in [5, 5.41) is 19.5. The molecule has 5 heteroatoms. The van der Waals surface area contributed by atoms with E-state index in [4.69, 9.17) is 0 Å². The molecule has 1 saturated heterocycles. The van der Waals surface area contributed by atoms with Gasteiger partial charge >= 0.3 is 5.97 Å². The van der Waals surface area contributed by atoms with Crippen molar-refractivity contribution in [1.29, 1.82) is 0 Å². The molecule has 0 aromatic rings. The fraction of sp³-hybridized carbons (Fsp3) is 0.733. The highest BCUT2D eigenvalue weighted by Crippen LogP contribution is 2.49. The number of rotatable bonds is 4. The largest absolute Gasteiger partial charge is 0.481 e. The minimum atomic E-state index is -0.871. The Morgan fingerprint density at radius 1 is 1.25 bits per heavy atom. The topological polar surface area (TPSA) is 77.8 Å². The highest BCUT2D eigenvalue weighted by atomic mass is 16.4. The third-order valence-electron chi connectivity index (χ3n) is 5.03. The van der Waals surface area contributed by atoms with Crippen LogP contribution in [0.1, 0.15) is 26.2 Å². The molecule has 0 spiro atoms. The fourth-order valence-electron chi connectivity index (χ4n) is 4.15. The zero-order valence-corrected chi connectivity index (χ0v) is 11.7. The van der Waals surface area contributed by atoms with Crippen LogP contribution in [0.2, 0.25) is 0 Å². The average molecular weight is 279 g/mol. The van der Waals surface area contributed by atoms with Crippen molar-refractivity contribution in [2.75, 3.05) is 13.1 Å². The van der Waals surface area contributed by atoms with Gasteiger partial charge in [0.15, 0.2) is 0 Å². The highest BCUT2D eigenvalue weighted by Gasteiger charge is 2.55. The Morgan fingerprint density at radius 2 is 1.85 bits per heavy atom. The standard InChI is InChI=1S/C15H21NO4/c1-2-5-15(20)7-16(8-15)13(17)11-9-3-4-10(6-9)12(11)14(18)19/h3-4,9-12,20H,2,5-8H2,1H3,(H,18,19). The van der Waals surface area contributed by atoms with E-state index in [9.17, 15) is 19.8 Å². The van der Waals surface area contributed by atoms with Gasteiger partial charge in [-0.1, -0.05) is 25.5 Å². The van der Waals surface area contributed by atoms with Crippen LogP contribution in [0.5, 0.6) is 0 Å². The molecule has 2 aliphatic carbocycles. The molecule has 2 fully saturated rings. The van der Waals surface area contributed by atoms with Crippen LogP contribution in [0.25, 0.3) is 0 Å². The number of carbonyl (C=O) groups is 2. The smallest absolute Gasteiger partial charge is 0.307 e. The number of carboxylic acids is 1. The molecule has 20 heavy (non-hydrogen) atoms. The van der Waals surface area contributed by atoms with E-state index in [1.807, 2.05) is 19.1 Å². The first kappa shape index (κ1) is 13.6. The van der Waals surface area contributed by atoms with E-state index in [0.717, 1.165) is 12.8 Å². The maximum absolute atomic E-state index is 12.5. The van der Waals surface area contributed by atoms with Crippen molar-refractivity contribution in [2.45, 2.75) is 31.8 Å². The van der Waals surface area contributed by atoms with Gasteiger partial charge in [-0.05, 0) is 24.7 Å². The van der Waals surface area contributed by atoms with E-state index in [1.54, 1.807) is 4.90 Å². The Morgan fingerprint density at radius 3 is 2.40 bits per heavy atom. The van der Waals surface area contributed by atoms with Gasteiger partial charge < -0.3 is 15.1 Å². The summed E-state index contributed by atoms with van der Waals surface area (Å²) in [6.07, 6.45) is 6.28. The molecule has 4 unspecified atom stereocenters. The summed E-state index contributed by atoms with van der Waals surface area (Å²) < 4.78 is 0.